The lowest BCUT2D eigenvalue weighted by Crippen LogP contribution is -2.21. The van der Waals surface area contributed by atoms with Gasteiger partial charge < -0.3 is 9.72 Å². The van der Waals surface area contributed by atoms with Crippen LogP contribution in [0.5, 0.6) is 0 Å². The molecule has 0 saturated carbocycles. The van der Waals surface area contributed by atoms with Gasteiger partial charge in [0.25, 0.3) is 0 Å². The Bertz CT molecular complexity index is 862. The first kappa shape index (κ1) is 16.2. The summed E-state index contributed by atoms with van der Waals surface area (Å²) in [4.78, 5) is 17.0. The van der Waals surface area contributed by atoms with E-state index < -0.39 is 0 Å². The standard InChI is InChI=1S/C20H23N3O/c1-4-15(5-2)20(24)21-17-8-6-7-16(12-17)18-13-23-10-9-14(3)11-19(23)22-18/h6-13,15H,4-5H2,1-3H3,(H,21,24). The zero-order valence-corrected chi connectivity index (χ0v) is 14.4. The molecule has 24 heavy (non-hydrogen) atoms. The minimum atomic E-state index is 0.0619. The summed E-state index contributed by atoms with van der Waals surface area (Å²) in [5, 5.41) is 3.02. The lowest BCUT2D eigenvalue weighted by molar-refractivity contribution is -0.120. The fourth-order valence-corrected chi connectivity index (χ4v) is 2.88. The molecule has 2 heterocycles. The molecule has 4 nitrogen and oxygen atoms in total. The van der Waals surface area contributed by atoms with Crippen LogP contribution in [0.1, 0.15) is 32.3 Å². The monoisotopic (exact) mass is 321 g/mol. The SMILES string of the molecule is CCC(CC)C(=O)Nc1cccc(-c2cn3ccc(C)cc3n2)c1. The molecule has 0 unspecified atom stereocenters. The van der Waals surface area contributed by atoms with Gasteiger partial charge in [0, 0.05) is 29.6 Å². The molecule has 0 aliphatic carbocycles. The molecule has 3 aromatic rings. The zero-order chi connectivity index (χ0) is 17.1. The van der Waals surface area contributed by atoms with E-state index in [-0.39, 0.29) is 11.8 Å². The summed E-state index contributed by atoms with van der Waals surface area (Å²) in [6.07, 6.45) is 5.73. The second-order valence-electron chi connectivity index (χ2n) is 6.18. The number of amides is 1. The molecule has 1 aromatic carbocycles. The van der Waals surface area contributed by atoms with E-state index in [0.717, 1.165) is 35.4 Å². The number of imidazole rings is 1. The van der Waals surface area contributed by atoms with E-state index in [1.807, 2.05) is 54.9 Å². The van der Waals surface area contributed by atoms with Crippen molar-refractivity contribution in [3.8, 4) is 11.3 Å². The van der Waals surface area contributed by atoms with Crippen molar-refractivity contribution in [2.45, 2.75) is 33.6 Å². The first-order valence-corrected chi connectivity index (χ1v) is 8.47. The Morgan fingerprint density at radius 3 is 2.75 bits per heavy atom. The number of carbonyl (C=O) groups excluding carboxylic acids is 1. The fraction of sp³-hybridized carbons (Fsp3) is 0.300. The number of nitrogens with zero attached hydrogens (tertiary/aromatic N) is 2. The van der Waals surface area contributed by atoms with E-state index in [9.17, 15) is 4.79 Å². The Morgan fingerprint density at radius 2 is 2.00 bits per heavy atom. The molecule has 1 amide bonds. The van der Waals surface area contributed by atoms with Gasteiger partial charge in [-0.1, -0.05) is 26.0 Å². The minimum absolute atomic E-state index is 0.0619. The minimum Gasteiger partial charge on any atom is -0.326 e. The lowest BCUT2D eigenvalue weighted by atomic mass is 10.0. The van der Waals surface area contributed by atoms with E-state index in [0.29, 0.717) is 0 Å². The Kier molecular flexibility index (Phi) is 4.65. The van der Waals surface area contributed by atoms with Gasteiger partial charge in [-0.15, -0.1) is 0 Å². The van der Waals surface area contributed by atoms with Crippen LogP contribution >= 0.6 is 0 Å². The number of pyridine rings is 1. The number of hydrogen-bond acceptors (Lipinski definition) is 2. The maximum atomic E-state index is 12.3. The number of nitrogens with one attached hydrogen (secondary N) is 1. The van der Waals surface area contributed by atoms with Gasteiger partial charge in [-0.2, -0.15) is 0 Å². The summed E-state index contributed by atoms with van der Waals surface area (Å²) in [6.45, 7) is 6.15. The van der Waals surface area contributed by atoms with Crippen LogP contribution in [-0.2, 0) is 4.79 Å². The fourth-order valence-electron chi connectivity index (χ4n) is 2.88. The smallest absolute Gasteiger partial charge is 0.227 e. The number of benzene rings is 1. The summed E-state index contributed by atoms with van der Waals surface area (Å²) in [5.41, 5.74) is 4.83. The molecule has 0 spiro atoms. The van der Waals surface area contributed by atoms with Gasteiger partial charge in [0.05, 0.1) is 5.69 Å². The van der Waals surface area contributed by atoms with Gasteiger partial charge in [-0.25, -0.2) is 4.98 Å². The van der Waals surface area contributed by atoms with Crippen LogP contribution in [-0.4, -0.2) is 15.3 Å². The van der Waals surface area contributed by atoms with Crippen LogP contribution in [0.25, 0.3) is 16.9 Å². The van der Waals surface area contributed by atoms with Gasteiger partial charge in [0.2, 0.25) is 5.91 Å². The third-order valence-corrected chi connectivity index (χ3v) is 4.40. The number of rotatable bonds is 5. The van der Waals surface area contributed by atoms with Gasteiger partial charge in [-0.05, 0) is 49.6 Å². The summed E-state index contributed by atoms with van der Waals surface area (Å²) in [5.74, 6) is 0.148. The third-order valence-electron chi connectivity index (χ3n) is 4.40. The molecule has 2 aromatic heterocycles. The number of carbonyl (C=O) groups is 1. The maximum absolute atomic E-state index is 12.3. The van der Waals surface area contributed by atoms with Crippen LogP contribution in [0.4, 0.5) is 5.69 Å². The average Bonchev–Trinajstić information content (AvgIpc) is 2.99. The molecule has 1 N–H and O–H groups in total. The van der Waals surface area contributed by atoms with Gasteiger partial charge in [0.1, 0.15) is 5.65 Å². The van der Waals surface area contributed by atoms with Gasteiger partial charge in [0.15, 0.2) is 0 Å². The molecular formula is C20H23N3O. The van der Waals surface area contributed by atoms with Gasteiger partial charge in [-0.3, -0.25) is 4.79 Å². The highest BCUT2D eigenvalue weighted by Gasteiger charge is 2.14. The molecular weight excluding hydrogens is 298 g/mol. The molecule has 0 bridgehead atoms. The first-order valence-electron chi connectivity index (χ1n) is 8.47. The second kappa shape index (κ2) is 6.87. The molecule has 0 aliphatic rings. The highest BCUT2D eigenvalue weighted by molar-refractivity contribution is 5.93. The highest BCUT2D eigenvalue weighted by Crippen LogP contribution is 2.23. The molecule has 0 saturated heterocycles. The van der Waals surface area contributed by atoms with Crippen LogP contribution in [0, 0.1) is 12.8 Å². The topological polar surface area (TPSA) is 46.4 Å². The van der Waals surface area contributed by atoms with E-state index in [1.54, 1.807) is 0 Å². The molecule has 124 valence electrons. The molecule has 0 fully saturated rings. The van der Waals surface area contributed by atoms with Gasteiger partial charge >= 0.3 is 0 Å². The molecule has 0 radical (unpaired) electrons. The first-order chi connectivity index (χ1) is 11.6. The van der Waals surface area contributed by atoms with Crippen LogP contribution in [0.2, 0.25) is 0 Å². The van der Waals surface area contributed by atoms with Crippen molar-refractivity contribution in [2.24, 2.45) is 5.92 Å². The van der Waals surface area contributed by atoms with Crippen LogP contribution in [0.3, 0.4) is 0 Å². The van der Waals surface area contributed by atoms with Crippen molar-refractivity contribution in [3.05, 3.63) is 54.4 Å². The van der Waals surface area contributed by atoms with Crippen molar-refractivity contribution in [1.29, 1.82) is 0 Å². The number of aromatic nitrogens is 2. The zero-order valence-electron chi connectivity index (χ0n) is 14.4. The van der Waals surface area contributed by atoms with Crippen molar-refractivity contribution in [3.63, 3.8) is 0 Å². The lowest BCUT2D eigenvalue weighted by Gasteiger charge is -2.13. The summed E-state index contributed by atoms with van der Waals surface area (Å²) >= 11 is 0. The molecule has 0 atom stereocenters. The average molecular weight is 321 g/mol. The van der Waals surface area contributed by atoms with Crippen molar-refractivity contribution in [1.82, 2.24) is 9.38 Å². The normalized spacial score (nSPS) is 11.2. The summed E-state index contributed by atoms with van der Waals surface area (Å²) < 4.78 is 2.01. The molecule has 4 heteroatoms. The van der Waals surface area contributed by atoms with E-state index >= 15 is 0 Å². The number of hydrogen-bond donors (Lipinski definition) is 1. The number of aryl methyl sites for hydroxylation is 1. The number of fused-ring (bicyclic) bond motifs is 1. The summed E-state index contributed by atoms with van der Waals surface area (Å²) in [7, 11) is 0. The Hall–Kier alpha value is -2.62. The Morgan fingerprint density at radius 1 is 1.21 bits per heavy atom. The van der Waals surface area contributed by atoms with Crippen LogP contribution in [0.15, 0.2) is 48.8 Å². The quantitative estimate of drug-likeness (QED) is 0.741. The second-order valence-corrected chi connectivity index (χ2v) is 6.18. The predicted molar refractivity (Wildman–Crippen MR) is 98.1 cm³/mol. The van der Waals surface area contributed by atoms with E-state index in [2.05, 4.69) is 29.4 Å². The van der Waals surface area contributed by atoms with E-state index in [1.165, 1.54) is 5.56 Å². The Balaban J connectivity index is 1.87. The largest absolute Gasteiger partial charge is 0.326 e. The van der Waals surface area contributed by atoms with Crippen molar-refractivity contribution >= 4 is 17.2 Å². The predicted octanol–water partition coefficient (Wildman–Crippen LogP) is 4.68. The van der Waals surface area contributed by atoms with Crippen molar-refractivity contribution in [2.75, 3.05) is 5.32 Å². The maximum Gasteiger partial charge on any atom is 0.227 e. The van der Waals surface area contributed by atoms with E-state index in [4.69, 9.17) is 0 Å². The van der Waals surface area contributed by atoms with Crippen LogP contribution < -0.4 is 5.32 Å². The molecule has 3 rings (SSSR count). The summed E-state index contributed by atoms with van der Waals surface area (Å²) in [6, 6.07) is 12.0. The van der Waals surface area contributed by atoms with Crippen molar-refractivity contribution < 1.29 is 4.79 Å². The molecule has 0 aliphatic heterocycles. The highest BCUT2D eigenvalue weighted by atomic mass is 16.1. The number of anilines is 1. The third kappa shape index (κ3) is 3.32. The Labute approximate surface area is 142 Å².